The molecule has 0 amide bonds. The molecule has 0 aliphatic carbocycles. The van der Waals surface area contributed by atoms with E-state index in [4.69, 9.17) is 0 Å². The topological polar surface area (TPSA) is 18.5 Å². The first-order chi connectivity index (χ1) is 7.21. The summed E-state index contributed by atoms with van der Waals surface area (Å²) >= 11 is -1.25. The number of alkyl halides is 6. The quantitative estimate of drug-likeness (QED) is 0.398. The van der Waals surface area contributed by atoms with E-state index in [0.29, 0.717) is 0 Å². The molecule has 0 unspecified atom stereocenters. The summed E-state index contributed by atoms with van der Waals surface area (Å²) in [7, 11) is 0. The molecule has 0 aromatic heterocycles. The van der Waals surface area contributed by atoms with Crippen molar-refractivity contribution in [1.29, 1.82) is 0 Å². The average Bonchev–Trinajstić information content (AvgIpc) is 2.06. The van der Waals surface area contributed by atoms with Crippen LogP contribution in [0.2, 0.25) is 0 Å². The van der Waals surface area contributed by atoms with Crippen molar-refractivity contribution in [3.63, 3.8) is 0 Å². The molecule has 0 saturated carbocycles. The number of hydrogen-bond acceptors (Lipinski definition) is 4. The van der Waals surface area contributed by atoms with Crippen LogP contribution in [0.25, 0.3) is 0 Å². The Morgan fingerprint density at radius 2 is 1.00 bits per heavy atom. The molecule has 0 atom stereocenters. The summed E-state index contributed by atoms with van der Waals surface area (Å²) in [5.74, 6) is 0. The Morgan fingerprint density at radius 1 is 0.688 bits per heavy atom. The summed E-state index contributed by atoms with van der Waals surface area (Å²) in [5.41, 5.74) is -8.91. The zero-order valence-electron chi connectivity index (χ0n) is 7.73. The van der Waals surface area contributed by atoms with E-state index >= 15 is 0 Å². The van der Waals surface area contributed by atoms with E-state index in [-0.39, 0.29) is 26.1 Å². The van der Waals surface area contributed by atoms with Gasteiger partial charge in [0.05, 0.1) is 13.2 Å². The van der Waals surface area contributed by atoms with E-state index < -0.39 is 35.1 Å². The molecule has 0 N–H and O–H groups in total. The molecular weight excluding hydrogens is 282 g/mol. The lowest BCUT2D eigenvalue weighted by atomic mass is 10.3. The zero-order valence-corrected chi connectivity index (χ0v) is 9.36. The van der Waals surface area contributed by atoms with Gasteiger partial charge in [0, 0.05) is 0 Å². The first-order valence-corrected chi connectivity index (χ1v) is 5.44. The number of unbranched alkanes of at least 4 members (excludes halogenated alkanes) is 1. The van der Waals surface area contributed by atoms with Gasteiger partial charge >= 0.3 is 11.0 Å². The van der Waals surface area contributed by atoms with Gasteiger partial charge in [-0.1, -0.05) is 0 Å². The highest BCUT2D eigenvalue weighted by atomic mass is 32.2. The second-order valence-corrected chi connectivity index (χ2v) is 4.14. The largest absolute Gasteiger partial charge is 0.467 e. The molecular formula is C6H8F6O2S2. The number of halogens is 6. The van der Waals surface area contributed by atoms with Crippen LogP contribution in [-0.2, 0) is 8.37 Å². The van der Waals surface area contributed by atoms with E-state index in [2.05, 4.69) is 8.37 Å². The highest BCUT2D eigenvalue weighted by Crippen LogP contribution is 2.32. The van der Waals surface area contributed by atoms with Crippen LogP contribution in [-0.4, -0.2) is 24.2 Å². The molecule has 0 rings (SSSR count). The van der Waals surface area contributed by atoms with Crippen LogP contribution in [0, 0.1) is 0 Å². The normalized spacial score (nSPS) is 13.1. The first-order valence-electron chi connectivity index (χ1n) is 3.95. The molecule has 0 aliphatic heterocycles. The Kier molecular flexibility index (Phi) is 7.61. The summed E-state index contributed by atoms with van der Waals surface area (Å²) in [5, 5.41) is 0. The molecule has 0 spiro atoms. The fourth-order valence-corrected chi connectivity index (χ4v) is 1.21. The van der Waals surface area contributed by atoms with Gasteiger partial charge in [-0.05, 0) is 12.8 Å². The molecule has 98 valence electrons. The lowest BCUT2D eigenvalue weighted by Gasteiger charge is -2.06. The molecule has 16 heavy (non-hydrogen) atoms. The summed E-state index contributed by atoms with van der Waals surface area (Å²) in [6.45, 7) is -0.381. The van der Waals surface area contributed by atoms with Gasteiger partial charge in [0.25, 0.3) is 0 Å². The number of hydrogen-bond donors (Lipinski definition) is 0. The fourth-order valence-electron chi connectivity index (χ4n) is 0.539. The highest BCUT2D eigenvalue weighted by Gasteiger charge is 2.30. The molecule has 0 aliphatic rings. The third-order valence-corrected chi connectivity index (χ3v) is 1.96. The predicted octanol–water partition coefficient (Wildman–Crippen LogP) is 4.14. The Morgan fingerprint density at radius 3 is 1.25 bits per heavy atom. The minimum Gasteiger partial charge on any atom is -0.308 e. The molecule has 0 radical (unpaired) electrons. The smallest absolute Gasteiger partial charge is 0.308 e. The van der Waals surface area contributed by atoms with Gasteiger partial charge in [-0.2, -0.15) is 26.3 Å². The van der Waals surface area contributed by atoms with Crippen LogP contribution in [0.4, 0.5) is 26.3 Å². The summed E-state index contributed by atoms with van der Waals surface area (Å²) in [4.78, 5) is 0. The van der Waals surface area contributed by atoms with E-state index in [1.165, 1.54) is 0 Å². The lowest BCUT2D eigenvalue weighted by molar-refractivity contribution is -0.0410. The summed E-state index contributed by atoms with van der Waals surface area (Å²) in [6, 6.07) is 0. The minimum atomic E-state index is -4.46. The van der Waals surface area contributed by atoms with Gasteiger partial charge in [-0.25, -0.2) is 0 Å². The van der Waals surface area contributed by atoms with Crippen LogP contribution >= 0.6 is 24.1 Å². The van der Waals surface area contributed by atoms with Crippen LogP contribution < -0.4 is 0 Å². The maximum atomic E-state index is 11.5. The Balaban J connectivity index is 3.17. The first kappa shape index (κ1) is 16.2. The molecule has 10 heteroatoms. The SMILES string of the molecule is FC(F)(F)SOCCCCOSC(F)(F)F. The fraction of sp³-hybridized carbons (Fsp3) is 1.00. The molecule has 0 bridgehead atoms. The highest BCUT2D eigenvalue weighted by molar-refractivity contribution is 7.95. The van der Waals surface area contributed by atoms with Gasteiger partial charge in [0.15, 0.2) is 0 Å². The van der Waals surface area contributed by atoms with Gasteiger partial charge < -0.3 is 8.37 Å². The molecule has 0 fully saturated rings. The average molecular weight is 290 g/mol. The van der Waals surface area contributed by atoms with Gasteiger partial charge in [0.2, 0.25) is 0 Å². The lowest BCUT2D eigenvalue weighted by Crippen LogP contribution is -2.04. The van der Waals surface area contributed by atoms with Crippen molar-refractivity contribution in [2.75, 3.05) is 13.2 Å². The Bertz CT molecular complexity index is 163. The van der Waals surface area contributed by atoms with Crippen molar-refractivity contribution >= 4 is 24.1 Å². The number of rotatable bonds is 7. The van der Waals surface area contributed by atoms with E-state index in [1.807, 2.05) is 0 Å². The van der Waals surface area contributed by atoms with Crippen LogP contribution in [0.5, 0.6) is 0 Å². The molecule has 0 aromatic carbocycles. The predicted molar refractivity (Wildman–Crippen MR) is 48.4 cm³/mol. The van der Waals surface area contributed by atoms with Crippen LogP contribution in [0.1, 0.15) is 12.8 Å². The van der Waals surface area contributed by atoms with E-state index in [0.717, 1.165) is 0 Å². The standard InChI is InChI=1S/C6H8F6O2S2/c7-5(8,9)15-13-3-1-2-4-14-16-6(10,11)12/h1-4H2. The molecule has 0 aromatic rings. The van der Waals surface area contributed by atoms with Crippen molar-refractivity contribution in [3.8, 4) is 0 Å². The maximum absolute atomic E-state index is 11.5. The van der Waals surface area contributed by atoms with E-state index in [1.54, 1.807) is 0 Å². The van der Waals surface area contributed by atoms with Gasteiger partial charge in [-0.15, -0.1) is 0 Å². The maximum Gasteiger partial charge on any atom is 0.467 e. The molecule has 2 nitrogen and oxygen atoms in total. The monoisotopic (exact) mass is 290 g/mol. The second kappa shape index (κ2) is 7.51. The van der Waals surface area contributed by atoms with Crippen LogP contribution in [0.3, 0.4) is 0 Å². The van der Waals surface area contributed by atoms with Crippen molar-refractivity contribution in [1.82, 2.24) is 0 Å². The molecule has 0 heterocycles. The molecule has 0 saturated heterocycles. The summed E-state index contributed by atoms with van der Waals surface area (Å²) < 4.78 is 77.3. The van der Waals surface area contributed by atoms with Crippen molar-refractivity contribution in [2.24, 2.45) is 0 Å². The van der Waals surface area contributed by atoms with Crippen molar-refractivity contribution in [2.45, 2.75) is 23.9 Å². The van der Waals surface area contributed by atoms with Crippen molar-refractivity contribution in [3.05, 3.63) is 0 Å². The van der Waals surface area contributed by atoms with Crippen molar-refractivity contribution < 1.29 is 34.7 Å². The Labute approximate surface area is 96.4 Å². The third-order valence-electron chi connectivity index (χ3n) is 1.01. The summed E-state index contributed by atoms with van der Waals surface area (Å²) in [6.07, 6.45) is 0.392. The zero-order chi connectivity index (χ0) is 12.7. The second-order valence-electron chi connectivity index (χ2n) is 2.41. The van der Waals surface area contributed by atoms with Gasteiger partial charge in [-0.3, -0.25) is 0 Å². The third kappa shape index (κ3) is 14.2. The minimum absolute atomic E-state index is 0.190. The van der Waals surface area contributed by atoms with Crippen LogP contribution in [0.15, 0.2) is 0 Å². The van der Waals surface area contributed by atoms with E-state index in [9.17, 15) is 26.3 Å². The Hall–Kier alpha value is 0.200. The van der Waals surface area contributed by atoms with Gasteiger partial charge in [0.1, 0.15) is 24.1 Å².